The van der Waals surface area contributed by atoms with E-state index in [1.807, 2.05) is 47.0 Å². The van der Waals surface area contributed by atoms with Crippen molar-refractivity contribution in [1.82, 2.24) is 23.5 Å². The third kappa shape index (κ3) is 2.78. The highest BCUT2D eigenvalue weighted by Crippen LogP contribution is 2.31. The van der Waals surface area contributed by atoms with Crippen LogP contribution in [0.25, 0.3) is 44.7 Å². The Labute approximate surface area is 190 Å². The van der Waals surface area contributed by atoms with Gasteiger partial charge in [0, 0.05) is 36.6 Å². The Kier molecular flexibility index (Phi) is 4.05. The van der Waals surface area contributed by atoms with Gasteiger partial charge in [-0.1, -0.05) is 42.5 Å². The molecule has 3 aromatic heterocycles. The summed E-state index contributed by atoms with van der Waals surface area (Å²) in [6.07, 6.45) is 1.71. The summed E-state index contributed by atoms with van der Waals surface area (Å²) in [5.74, 6) is 0.401. The quantitative estimate of drug-likeness (QED) is 0.326. The van der Waals surface area contributed by atoms with Crippen LogP contribution in [0.2, 0.25) is 0 Å². The highest BCUT2D eigenvalue weighted by atomic mass is 16.6. The van der Waals surface area contributed by atoms with E-state index in [0.29, 0.717) is 17.0 Å². The van der Waals surface area contributed by atoms with Crippen molar-refractivity contribution in [3.63, 3.8) is 0 Å². The molecule has 0 bridgehead atoms. The van der Waals surface area contributed by atoms with Crippen molar-refractivity contribution in [3.8, 4) is 16.9 Å². The molecule has 0 radical (unpaired) electrons. The summed E-state index contributed by atoms with van der Waals surface area (Å²) in [4.78, 5) is 42.7. The monoisotopic (exact) mass is 452 g/mol. The van der Waals surface area contributed by atoms with E-state index in [-0.39, 0.29) is 16.9 Å². The molecule has 0 unspecified atom stereocenters. The van der Waals surface area contributed by atoms with Crippen LogP contribution in [0.15, 0.2) is 82.5 Å². The minimum Gasteiger partial charge on any atom is -0.279 e. The van der Waals surface area contributed by atoms with Gasteiger partial charge in [-0.15, -0.1) is 0 Å². The van der Waals surface area contributed by atoms with E-state index in [4.69, 9.17) is 0 Å². The van der Waals surface area contributed by atoms with Crippen LogP contribution in [0.3, 0.4) is 0 Å². The van der Waals surface area contributed by atoms with E-state index in [0.717, 1.165) is 16.5 Å². The van der Waals surface area contributed by atoms with Gasteiger partial charge in [-0.05, 0) is 22.9 Å². The standard InChI is InChI=1S/C24H16N6O4/c1-27-21-20(22(31)26-24(27)32)28-13-19(16-7-4-8-18(12-16)30(33)34)29(23(28)25-21)17-10-9-14-5-2-3-6-15(14)11-17/h2-13H,1H3,(H,26,31,32). The number of fused-ring (bicyclic) bond motifs is 4. The van der Waals surface area contributed by atoms with E-state index in [9.17, 15) is 19.7 Å². The van der Waals surface area contributed by atoms with Gasteiger partial charge in [-0.2, -0.15) is 4.98 Å². The molecule has 0 amide bonds. The van der Waals surface area contributed by atoms with Crippen molar-refractivity contribution < 1.29 is 4.92 Å². The lowest BCUT2D eigenvalue weighted by Gasteiger charge is -2.10. The average molecular weight is 452 g/mol. The molecule has 0 aliphatic carbocycles. The second kappa shape index (κ2) is 7.01. The molecule has 0 spiro atoms. The first-order valence-electron chi connectivity index (χ1n) is 10.4. The van der Waals surface area contributed by atoms with Crippen LogP contribution in [-0.4, -0.2) is 28.4 Å². The molecule has 0 saturated carbocycles. The van der Waals surface area contributed by atoms with Gasteiger partial charge in [-0.3, -0.25) is 33.4 Å². The van der Waals surface area contributed by atoms with Gasteiger partial charge >= 0.3 is 5.69 Å². The molecule has 0 aliphatic heterocycles. The smallest absolute Gasteiger partial charge is 0.279 e. The molecule has 0 atom stereocenters. The zero-order valence-corrected chi connectivity index (χ0v) is 17.8. The average Bonchev–Trinajstić information content (AvgIpc) is 3.39. The Bertz CT molecular complexity index is 1910. The first-order valence-corrected chi connectivity index (χ1v) is 10.4. The van der Waals surface area contributed by atoms with Crippen LogP contribution >= 0.6 is 0 Å². The maximum atomic E-state index is 12.7. The molecule has 10 heteroatoms. The van der Waals surface area contributed by atoms with Crippen molar-refractivity contribution in [2.75, 3.05) is 0 Å². The number of nitro benzene ring substituents is 1. The topological polar surface area (TPSA) is 120 Å². The van der Waals surface area contributed by atoms with Crippen LogP contribution in [0.1, 0.15) is 0 Å². The molecular weight excluding hydrogens is 436 g/mol. The van der Waals surface area contributed by atoms with Crippen molar-refractivity contribution in [3.05, 3.63) is 104 Å². The highest BCUT2D eigenvalue weighted by molar-refractivity contribution is 5.86. The number of nitro groups is 1. The number of non-ortho nitro benzene ring substituents is 1. The molecule has 1 N–H and O–H groups in total. The number of imidazole rings is 2. The van der Waals surface area contributed by atoms with Crippen molar-refractivity contribution in [1.29, 1.82) is 0 Å². The maximum Gasteiger partial charge on any atom is 0.329 e. The van der Waals surface area contributed by atoms with E-state index in [1.54, 1.807) is 22.7 Å². The van der Waals surface area contributed by atoms with Gasteiger partial charge in [0.1, 0.15) is 0 Å². The molecule has 6 rings (SSSR count). The van der Waals surface area contributed by atoms with E-state index in [1.165, 1.54) is 23.7 Å². The Morgan fingerprint density at radius 2 is 1.76 bits per heavy atom. The summed E-state index contributed by atoms with van der Waals surface area (Å²) in [6, 6.07) is 20.1. The number of aryl methyl sites for hydroxylation is 1. The molecule has 0 fully saturated rings. The summed E-state index contributed by atoms with van der Waals surface area (Å²) in [6.45, 7) is 0. The molecule has 3 heterocycles. The zero-order chi connectivity index (χ0) is 23.6. The molecule has 0 aliphatic rings. The normalized spacial score (nSPS) is 11.6. The fraction of sp³-hybridized carbons (Fsp3) is 0.0417. The van der Waals surface area contributed by atoms with Crippen molar-refractivity contribution in [2.24, 2.45) is 7.05 Å². The number of aromatic nitrogens is 5. The Balaban J connectivity index is 1.75. The second-order valence-corrected chi connectivity index (χ2v) is 7.96. The number of rotatable bonds is 3. The van der Waals surface area contributed by atoms with Gasteiger partial charge in [0.2, 0.25) is 5.78 Å². The molecular formula is C24H16N6O4. The first-order chi connectivity index (χ1) is 16.4. The molecule has 166 valence electrons. The van der Waals surface area contributed by atoms with E-state index >= 15 is 0 Å². The predicted octanol–water partition coefficient (Wildman–Crippen LogP) is 3.39. The molecule has 6 aromatic rings. The first kappa shape index (κ1) is 19.7. The SMILES string of the molecule is Cn1c(=O)[nH]c(=O)c2c1nc1n(-c3ccc4ccccc4c3)c(-c3cccc([N+](=O)[O-])c3)cn21. The number of benzene rings is 3. The van der Waals surface area contributed by atoms with E-state index < -0.39 is 16.2 Å². The number of hydrogen-bond donors (Lipinski definition) is 1. The van der Waals surface area contributed by atoms with Gasteiger partial charge in [0.05, 0.1) is 10.6 Å². The fourth-order valence-corrected chi connectivity index (χ4v) is 4.31. The number of H-pyrrole nitrogens is 1. The number of nitrogens with zero attached hydrogens (tertiary/aromatic N) is 5. The molecule has 34 heavy (non-hydrogen) atoms. The molecule has 0 saturated heterocycles. The van der Waals surface area contributed by atoms with Gasteiger partial charge in [0.25, 0.3) is 11.2 Å². The van der Waals surface area contributed by atoms with Gasteiger partial charge in [-0.25, -0.2) is 4.79 Å². The van der Waals surface area contributed by atoms with Crippen molar-refractivity contribution >= 4 is 33.4 Å². The van der Waals surface area contributed by atoms with Crippen LogP contribution in [0.4, 0.5) is 5.69 Å². The predicted molar refractivity (Wildman–Crippen MR) is 127 cm³/mol. The minimum atomic E-state index is -0.563. The number of aromatic amines is 1. The third-order valence-corrected chi connectivity index (χ3v) is 5.97. The molecule has 3 aromatic carbocycles. The van der Waals surface area contributed by atoms with Crippen LogP contribution in [0, 0.1) is 10.1 Å². The largest absolute Gasteiger partial charge is 0.329 e. The van der Waals surface area contributed by atoms with E-state index in [2.05, 4.69) is 9.97 Å². The lowest BCUT2D eigenvalue weighted by Crippen LogP contribution is -2.28. The second-order valence-electron chi connectivity index (χ2n) is 7.96. The van der Waals surface area contributed by atoms with Gasteiger partial charge < -0.3 is 0 Å². The minimum absolute atomic E-state index is 0.0495. The molecule has 10 nitrogen and oxygen atoms in total. The summed E-state index contributed by atoms with van der Waals surface area (Å²) < 4.78 is 4.72. The summed E-state index contributed by atoms with van der Waals surface area (Å²) in [5.41, 5.74) is 1.23. The Hall–Kier alpha value is -4.99. The third-order valence-electron chi connectivity index (χ3n) is 5.97. The Morgan fingerprint density at radius 3 is 2.56 bits per heavy atom. The maximum absolute atomic E-state index is 12.7. The Morgan fingerprint density at radius 1 is 0.971 bits per heavy atom. The zero-order valence-electron chi connectivity index (χ0n) is 17.8. The van der Waals surface area contributed by atoms with Gasteiger partial charge in [0.15, 0.2) is 11.2 Å². The van der Waals surface area contributed by atoms with Crippen LogP contribution in [-0.2, 0) is 7.05 Å². The number of hydrogen-bond acceptors (Lipinski definition) is 5. The summed E-state index contributed by atoms with van der Waals surface area (Å²) >= 11 is 0. The number of nitrogens with one attached hydrogen (secondary N) is 1. The highest BCUT2D eigenvalue weighted by Gasteiger charge is 2.21. The fourth-order valence-electron chi connectivity index (χ4n) is 4.31. The van der Waals surface area contributed by atoms with Crippen LogP contribution < -0.4 is 11.2 Å². The lowest BCUT2D eigenvalue weighted by molar-refractivity contribution is -0.384. The van der Waals surface area contributed by atoms with Crippen molar-refractivity contribution in [2.45, 2.75) is 0 Å². The lowest BCUT2D eigenvalue weighted by atomic mass is 10.1. The van der Waals surface area contributed by atoms with Crippen LogP contribution in [0.5, 0.6) is 0 Å². The summed E-state index contributed by atoms with van der Waals surface area (Å²) in [5, 5.41) is 13.5. The summed E-state index contributed by atoms with van der Waals surface area (Å²) in [7, 11) is 1.54.